The van der Waals surface area contributed by atoms with Gasteiger partial charge in [0.05, 0.1) is 6.10 Å². The number of nitrogens with zero attached hydrogens (tertiary/aromatic N) is 2. The van der Waals surface area contributed by atoms with E-state index in [0.29, 0.717) is 19.5 Å². The fourth-order valence-electron chi connectivity index (χ4n) is 2.99. The number of carboxylic acids is 1. The molecular formula is C14H24N2O4. The number of carbonyl (C=O) groups excluding carboxylic acids is 1. The minimum Gasteiger partial charge on any atom is -0.480 e. The predicted octanol–water partition coefficient (Wildman–Crippen LogP) is 1.55. The number of carbonyl (C=O) groups is 2. The van der Waals surface area contributed by atoms with E-state index in [1.165, 1.54) is 4.90 Å². The predicted molar refractivity (Wildman–Crippen MR) is 73.6 cm³/mol. The van der Waals surface area contributed by atoms with Crippen LogP contribution in [0.5, 0.6) is 0 Å². The maximum atomic E-state index is 12.5. The fourth-order valence-corrected chi connectivity index (χ4v) is 2.99. The number of rotatable bonds is 3. The standard InChI is InChI=1S/C14H24N2O4/c1-15(10-11-6-5-9-20-11)14(19)16-8-4-2-3-7-12(16)13(17)18/h11-12H,2-10H2,1H3,(H,17,18). The van der Waals surface area contributed by atoms with Crippen molar-refractivity contribution in [1.29, 1.82) is 0 Å². The molecule has 1 N–H and O–H groups in total. The van der Waals surface area contributed by atoms with E-state index in [1.807, 2.05) is 0 Å². The number of carboxylic acid groups (broad SMARTS) is 1. The Morgan fingerprint density at radius 1 is 1.25 bits per heavy atom. The Labute approximate surface area is 119 Å². The van der Waals surface area contributed by atoms with Crippen LogP contribution >= 0.6 is 0 Å². The lowest BCUT2D eigenvalue weighted by atomic mass is 10.1. The van der Waals surface area contributed by atoms with Gasteiger partial charge in [-0.3, -0.25) is 0 Å². The van der Waals surface area contributed by atoms with Crippen molar-refractivity contribution in [2.24, 2.45) is 0 Å². The Bertz CT molecular complexity index is 355. The summed E-state index contributed by atoms with van der Waals surface area (Å²) >= 11 is 0. The van der Waals surface area contributed by atoms with Gasteiger partial charge in [-0.05, 0) is 25.7 Å². The Kier molecular flexibility index (Phi) is 5.23. The molecule has 0 bridgehead atoms. The summed E-state index contributed by atoms with van der Waals surface area (Å²) in [5, 5.41) is 9.31. The molecule has 0 saturated carbocycles. The summed E-state index contributed by atoms with van der Waals surface area (Å²) in [5.74, 6) is -0.897. The summed E-state index contributed by atoms with van der Waals surface area (Å²) in [6.07, 6.45) is 5.39. The molecule has 2 fully saturated rings. The molecule has 2 rings (SSSR count). The maximum Gasteiger partial charge on any atom is 0.326 e. The molecule has 0 aromatic rings. The van der Waals surface area contributed by atoms with Crippen LogP contribution in [0.15, 0.2) is 0 Å². The number of ether oxygens (including phenoxy) is 1. The van der Waals surface area contributed by atoms with Gasteiger partial charge >= 0.3 is 12.0 Å². The first-order valence-electron chi connectivity index (χ1n) is 7.45. The molecule has 0 aromatic heterocycles. The number of hydrogen-bond donors (Lipinski definition) is 1. The Balaban J connectivity index is 1.97. The third-order valence-corrected chi connectivity index (χ3v) is 4.11. The zero-order chi connectivity index (χ0) is 14.5. The van der Waals surface area contributed by atoms with Gasteiger partial charge in [0.2, 0.25) is 0 Å². The van der Waals surface area contributed by atoms with Gasteiger partial charge in [-0.1, -0.05) is 12.8 Å². The zero-order valence-electron chi connectivity index (χ0n) is 12.1. The number of hydrogen-bond acceptors (Lipinski definition) is 3. The molecule has 114 valence electrons. The fraction of sp³-hybridized carbons (Fsp3) is 0.857. The first-order chi connectivity index (χ1) is 9.59. The van der Waals surface area contributed by atoms with Crippen LogP contribution < -0.4 is 0 Å². The Morgan fingerprint density at radius 2 is 2.05 bits per heavy atom. The number of amides is 2. The molecule has 0 aliphatic carbocycles. The van der Waals surface area contributed by atoms with E-state index >= 15 is 0 Å². The topological polar surface area (TPSA) is 70.1 Å². The minimum atomic E-state index is -0.897. The summed E-state index contributed by atoms with van der Waals surface area (Å²) in [6, 6.07) is -0.869. The molecule has 2 atom stereocenters. The molecule has 0 aromatic carbocycles. The highest BCUT2D eigenvalue weighted by molar-refractivity contribution is 5.82. The van der Waals surface area contributed by atoms with Crippen LogP contribution in [0.4, 0.5) is 4.79 Å². The third-order valence-electron chi connectivity index (χ3n) is 4.11. The summed E-state index contributed by atoms with van der Waals surface area (Å²) < 4.78 is 5.53. The van der Waals surface area contributed by atoms with Crippen molar-refractivity contribution >= 4 is 12.0 Å². The monoisotopic (exact) mass is 284 g/mol. The quantitative estimate of drug-likeness (QED) is 0.853. The van der Waals surface area contributed by atoms with Crippen LogP contribution in [0.3, 0.4) is 0 Å². The van der Waals surface area contributed by atoms with Crippen LogP contribution in [-0.4, -0.2) is 65.8 Å². The van der Waals surface area contributed by atoms with Crippen LogP contribution in [0.1, 0.15) is 38.5 Å². The molecule has 6 heteroatoms. The molecule has 2 aliphatic rings. The molecule has 0 spiro atoms. The summed E-state index contributed by atoms with van der Waals surface area (Å²) in [7, 11) is 1.73. The molecule has 2 aliphatic heterocycles. The lowest BCUT2D eigenvalue weighted by Gasteiger charge is -2.32. The van der Waals surface area contributed by atoms with Gasteiger partial charge < -0.3 is 19.6 Å². The number of likely N-dealkylation sites (tertiary alicyclic amines) is 1. The largest absolute Gasteiger partial charge is 0.480 e. The van der Waals surface area contributed by atoms with E-state index in [-0.39, 0.29) is 12.1 Å². The van der Waals surface area contributed by atoms with Gasteiger partial charge in [-0.25, -0.2) is 9.59 Å². The number of likely N-dealkylation sites (N-methyl/N-ethyl adjacent to an activating group) is 1. The summed E-state index contributed by atoms with van der Waals surface area (Å²) in [6.45, 7) is 1.83. The van der Waals surface area contributed by atoms with Crippen LogP contribution in [0, 0.1) is 0 Å². The SMILES string of the molecule is CN(CC1CCCO1)C(=O)N1CCCCCC1C(=O)O. The summed E-state index contributed by atoms with van der Waals surface area (Å²) in [5.41, 5.74) is 0. The van der Waals surface area contributed by atoms with Crippen LogP contribution in [0.2, 0.25) is 0 Å². The molecule has 20 heavy (non-hydrogen) atoms. The van der Waals surface area contributed by atoms with Crippen molar-refractivity contribution in [3.8, 4) is 0 Å². The lowest BCUT2D eigenvalue weighted by Crippen LogP contribution is -2.51. The van der Waals surface area contributed by atoms with Crippen LogP contribution in [-0.2, 0) is 9.53 Å². The van der Waals surface area contributed by atoms with E-state index in [2.05, 4.69) is 0 Å². The molecule has 2 unspecified atom stereocenters. The first kappa shape index (κ1) is 15.1. The van der Waals surface area contributed by atoms with E-state index < -0.39 is 12.0 Å². The van der Waals surface area contributed by atoms with E-state index in [9.17, 15) is 14.7 Å². The maximum absolute atomic E-state index is 12.5. The smallest absolute Gasteiger partial charge is 0.326 e. The van der Waals surface area contributed by atoms with Crippen molar-refractivity contribution in [2.75, 3.05) is 26.7 Å². The van der Waals surface area contributed by atoms with Crippen molar-refractivity contribution < 1.29 is 19.4 Å². The van der Waals surface area contributed by atoms with Gasteiger partial charge in [-0.15, -0.1) is 0 Å². The highest BCUT2D eigenvalue weighted by Crippen LogP contribution is 2.19. The minimum absolute atomic E-state index is 0.0965. The van der Waals surface area contributed by atoms with E-state index in [0.717, 1.165) is 38.7 Å². The first-order valence-corrected chi connectivity index (χ1v) is 7.45. The van der Waals surface area contributed by atoms with Gasteiger partial charge in [0.15, 0.2) is 0 Å². The van der Waals surface area contributed by atoms with Crippen molar-refractivity contribution in [3.63, 3.8) is 0 Å². The van der Waals surface area contributed by atoms with Crippen molar-refractivity contribution in [1.82, 2.24) is 9.80 Å². The van der Waals surface area contributed by atoms with Gasteiger partial charge in [0.1, 0.15) is 6.04 Å². The summed E-state index contributed by atoms with van der Waals surface area (Å²) in [4.78, 5) is 27.0. The normalized spacial score (nSPS) is 27.1. The van der Waals surface area contributed by atoms with Gasteiger partial charge in [-0.2, -0.15) is 0 Å². The molecule has 2 amide bonds. The van der Waals surface area contributed by atoms with Gasteiger partial charge in [0, 0.05) is 26.7 Å². The molecule has 2 saturated heterocycles. The molecule has 0 radical (unpaired) electrons. The Morgan fingerprint density at radius 3 is 2.70 bits per heavy atom. The second-order valence-electron chi connectivity index (χ2n) is 5.69. The van der Waals surface area contributed by atoms with E-state index in [4.69, 9.17) is 4.74 Å². The lowest BCUT2D eigenvalue weighted by molar-refractivity contribution is -0.142. The highest BCUT2D eigenvalue weighted by atomic mass is 16.5. The van der Waals surface area contributed by atoms with Crippen LogP contribution in [0.25, 0.3) is 0 Å². The average Bonchev–Trinajstić information content (AvgIpc) is 2.79. The van der Waals surface area contributed by atoms with Crippen molar-refractivity contribution in [2.45, 2.75) is 50.7 Å². The second kappa shape index (κ2) is 6.92. The number of aliphatic carboxylic acids is 1. The Hall–Kier alpha value is -1.30. The number of urea groups is 1. The zero-order valence-corrected chi connectivity index (χ0v) is 12.1. The second-order valence-corrected chi connectivity index (χ2v) is 5.69. The average molecular weight is 284 g/mol. The van der Waals surface area contributed by atoms with Gasteiger partial charge in [0.25, 0.3) is 0 Å². The highest BCUT2D eigenvalue weighted by Gasteiger charge is 2.33. The van der Waals surface area contributed by atoms with Crippen molar-refractivity contribution in [3.05, 3.63) is 0 Å². The molecular weight excluding hydrogens is 260 g/mol. The van der Waals surface area contributed by atoms with E-state index in [1.54, 1.807) is 11.9 Å². The third kappa shape index (κ3) is 3.62. The molecule has 2 heterocycles. The molecule has 6 nitrogen and oxygen atoms in total.